The molecule has 46 heavy (non-hydrogen) atoms. The van der Waals surface area contributed by atoms with Crippen molar-refractivity contribution >= 4 is 28.4 Å². The maximum Gasteiger partial charge on any atom is 0.410 e. The number of ether oxygens (including phenoxy) is 2. The maximum atomic E-state index is 13.1. The van der Waals surface area contributed by atoms with Crippen molar-refractivity contribution in [1.82, 2.24) is 14.8 Å². The number of hydrogen-bond donors (Lipinski definition) is 0. The standard InChI is InChI=1S/C36H43N7O3/c1-36(2,3)46-35(44)43-20-19-42(22-26(43)14-16-37)33-29-15-18-41(32-13-7-10-25-9-5-6-12-28(25)32)23-31(29)30(21-38)34(39-33)45-24-27-11-8-17-40(27)4/h5-7,9-10,12-13,26-27H,8,11,14-15,17-20,22-24H2,1-4H3/t26?,27-/m0/s1. The molecule has 4 heterocycles. The molecule has 2 fully saturated rings. The molecule has 240 valence electrons. The summed E-state index contributed by atoms with van der Waals surface area (Å²) in [5, 5.41) is 22.6. The Morgan fingerprint density at radius 2 is 1.80 bits per heavy atom. The van der Waals surface area contributed by atoms with Gasteiger partial charge in [-0.05, 0) is 65.1 Å². The number of pyridine rings is 1. The van der Waals surface area contributed by atoms with Gasteiger partial charge < -0.3 is 29.1 Å². The second-order valence-electron chi connectivity index (χ2n) is 13.6. The van der Waals surface area contributed by atoms with E-state index in [1.807, 2.05) is 20.8 Å². The van der Waals surface area contributed by atoms with E-state index in [9.17, 15) is 15.3 Å². The SMILES string of the molecule is CN1CCC[C@H]1COc1nc(N2CCN(C(=O)OC(C)(C)C)C(CC#N)C2)c2c(c1C#N)CN(c1cccc3ccccc13)CC2. The summed E-state index contributed by atoms with van der Waals surface area (Å²) in [5.41, 5.74) is 2.98. The lowest BCUT2D eigenvalue weighted by Crippen LogP contribution is -2.56. The number of fused-ring (bicyclic) bond motifs is 2. The molecule has 3 aliphatic heterocycles. The summed E-state index contributed by atoms with van der Waals surface area (Å²) < 4.78 is 12.1. The fraction of sp³-hybridized carbons (Fsp3) is 0.500. The predicted octanol–water partition coefficient (Wildman–Crippen LogP) is 5.48. The molecule has 2 aromatic carbocycles. The van der Waals surface area contributed by atoms with Gasteiger partial charge >= 0.3 is 6.09 Å². The summed E-state index contributed by atoms with van der Waals surface area (Å²) in [6, 6.07) is 19.4. The molecule has 3 aliphatic rings. The molecular weight excluding hydrogens is 578 g/mol. The number of likely N-dealkylation sites (N-methyl/N-ethyl adjacent to an activating group) is 1. The van der Waals surface area contributed by atoms with E-state index < -0.39 is 11.7 Å². The normalized spacial score (nSPS) is 20.3. The van der Waals surface area contributed by atoms with Gasteiger partial charge in [0, 0.05) is 61.0 Å². The first-order valence-electron chi connectivity index (χ1n) is 16.3. The van der Waals surface area contributed by atoms with E-state index in [0.717, 1.165) is 48.6 Å². The van der Waals surface area contributed by atoms with Crippen LogP contribution in [0.3, 0.4) is 0 Å². The van der Waals surface area contributed by atoms with E-state index in [4.69, 9.17) is 14.5 Å². The summed E-state index contributed by atoms with van der Waals surface area (Å²) in [7, 11) is 2.11. The van der Waals surface area contributed by atoms with Gasteiger partial charge in [0.2, 0.25) is 5.88 Å². The predicted molar refractivity (Wildman–Crippen MR) is 178 cm³/mol. The van der Waals surface area contributed by atoms with E-state index in [1.54, 1.807) is 4.90 Å². The second kappa shape index (κ2) is 13.1. The highest BCUT2D eigenvalue weighted by Crippen LogP contribution is 2.39. The molecular formula is C36H43N7O3. The van der Waals surface area contributed by atoms with Crippen molar-refractivity contribution in [2.75, 3.05) is 56.2 Å². The number of rotatable bonds is 6. The minimum Gasteiger partial charge on any atom is -0.475 e. The summed E-state index contributed by atoms with van der Waals surface area (Å²) in [5.74, 6) is 1.15. The molecule has 3 aromatic rings. The number of carbonyl (C=O) groups excluding carboxylic acids is 1. The van der Waals surface area contributed by atoms with Crippen molar-refractivity contribution in [3.8, 4) is 18.0 Å². The van der Waals surface area contributed by atoms with Crippen molar-refractivity contribution in [2.24, 2.45) is 0 Å². The van der Waals surface area contributed by atoms with Crippen LogP contribution in [0, 0.1) is 22.7 Å². The zero-order chi connectivity index (χ0) is 32.4. The number of nitrogens with zero attached hydrogens (tertiary/aromatic N) is 7. The van der Waals surface area contributed by atoms with E-state index in [1.165, 1.54) is 10.8 Å². The third-order valence-corrected chi connectivity index (χ3v) is 9.38. The zero-order valence-corrected chi connectivity index (χ0v) is 27.3. The van der Waals surface area contributed by atoms with Crippen LogP contribution in [0.5, 0.6) is 5.88 Å². The van der Waals surface area contributed by atoms with Crippen molar-refractivity contribution < 1.29 is 14.3 Å². The number of carbonyl (C=O) groups is 1. The minimum atomic E-state index is -0.630. The van der Waals surface area contributed by atoms with Crippen LogP contribution < -0.4 is 14.5 Å². The van der Waals surface area contributed by atoms with Gasteiger partial charge in [0.25, 0.3) is 0 Å². The molecule has 10 heteroatoms. The highest BCUT2D eigenvalue weighted by molar-refractivity contribution is 5.94. The third-order valence-electron chi connectivity index (χ3n) is 9.38. The molecule has 1 unspecified atom stereocenters. The molecule has 6 rings (SSSR count). The smallest absolute Gasteiger partial charge is 0.410 e. The molecule has 0 saturated carbocycles. The molecule has 0 radical (unpaired) electrons. The monoisotopic (exact) mass is 621 g/mol. The maximum absolute atomic E-state index is 13.1. The van der Waals surface area contributed by atoms with Gasteiger partial charge in [-0.3, -0.25) is 0 Å². The Labute approximate surface area is 271 Å². The Kier molecular flexibility index (Phi) is 8.93. The molecule has 0 spiro atoms. The quantitative estimate of drug-likeness (QED) is 0.353. The van der Waals surface area contributed by atoms with Crippen molar-refractivity contribution in [1.29, 1.82) is 10.5 Å². The zero-order valence-electron chi connectivity index (χ0n) is 27.3. The van der Waals surface area contributed by atoms with Gasteiger partial charge in [0.05, 0.1) is 18.5 Å². The first-order chi connectivity index (χ1) is 22.2. The van der Waals surface area contributed by atoms with Crippen LogP contribution >= 0.6 is 0 Å². The lowest BCUT2D eigenvalue weighted by molar-refractivity contribution is 0.0144. The average Bonchev–Trinajstić information content (AvgIpc) is 3.46. The molecule has 0 N–H and O–H groups in total. The summed E-state index contributed by atoms with van der Waals surface area (Å²) in [4.78, 5) is 26.7. The number of likely N-dealkylation sites (tertiary alicyclic amines) is 1. The van der Waals surface area contributed by atoms with Crippen molar-refractivity contribution in [3.05, 3.63) is 59.2 Å². The van der Waals surface area contributed by atoms with Gasteiger partial charge in [-0.25, -0.2) is 4.79 Å². The molecule has 0 aliphatic carbocycles. The number of hydrogen-bond acceptors (Lipinski definition) is 9. The molecule has 10 nitrogen and oxygen atoms in total. The van der Waals surface area contributed by atoms with E-state index in [-0.39, 0.29) is 18.5 Å². The van der Waals surface area contributed by atoms with Gasteiger partial charge in [0.1, 0.15) is 29.7 Å². The lowest BCUT2D eigenvalue weighted by atomic mass is 9.94. The van der Waals surface area contributed by atoms with E-state index in [2.05, 4.69) is 76.4 Å². The highest BCUT2D eigenvalue weighted by Gasteiger charge is 2.37. The summed E-state index contributed by atoms with van der Waals surface area (Å²) in [6.45, 7) is 9.74. The Bertz CT molecular complexity index is 1680. The molecule has 1 aromatic heterocycles. The fourth-order valence-electron chi connectivity index (χ4n) is 7.01. The van der Waals surface area contributed by atoms with Crippen molar-refractivity contribution in [2.45, 2.75) is 70.7 Å². The van der Waals surface area contributed by atoms with Crippen LogP contribution in [0.15, 0.2) is 42.5 Å². The molecule has 0 bridgehead atoms. The Balaban J connectivity index is 1.37. The first kappa shape index (κ1) is 31.4. The minimum absolute atomic E-state index is 0.181. The van der Waals surface area contributed by atoms with Crippen LogP contribution in [0.4, 0.5) is 16.3 Å². The lowest BCUT2D eigenvalue weighted by Gasteiger charge is -2.43. The Morgan fingerprint density at radius 3 is 2.54 bits per heavy atom. The number of amides is 1. The van der Waals surface area contributed by atoms with Crippen LogP contribution in [-0.2, 0) is 17.7 Å². The Hall–Kier alpha value is -4.54. The van der Waals surface area contributed by atoms with Crippen LogP contribution in [0.2, 0.25) is 0 Å². The largest absolute Gasteiger partial charge is 0.475 e. The first-order valence-corrected chi connectivity index (χ1v) is 16.3. The second-order valence-corrected chi connectivity index (χ2v) is 13.6. The van der Waals surface area contributed by atoms with E-state index >= 15 is 0 Å². The van der Waals surface area contributed by atoms with Gasteiger partial charge in [-0.1, -0.05) is 36.4 Å². The number of piperazine rings is 1. The molecule has 1 amide bonds. The number of benzene rings is 2. The van der Waals surface area contributed by atoms with E-state index in [0.29, 0.717) is 50.7 Å². The van der Waals surface area contributed by atoms with Crippen LogP contribution in [-0.4, -0.2) is 84.9 Å². The van der Waals surface area contributed by atoms with Crippen LogP contribution in [0.25, 0.3) is 10.8 Å². The highest BCUT2D eigenvalue weighted by atomic mass is 16.6. The molecule has 2 saturated heterocycles. The average molecular weight is 622 g/mol. The fourth-order valence-corrected chi connectivity index (χ4v) is 7.01. The van der Waals surface area contributed by atoms with Crippen molar-refractivity contribution in [3.63, 3.8) is 0 Å². The summed E-state index contributed by atoms with van der Waals surface area (Å²) in [6.07, 6.45) is 2.66. The summed E-state index contributed by atoms with van der Waals surface area (Å²) >= 11 is 0. The van der Waals surface area contributed by atoms with Gasteiger partial charge in [0.15, 0.2) is 0 Å². The number of anilines is 2. The topological polar surface area (TPSA) is 109 Å². The number of aromatic nitrogens is 1. The van der Waals surface area contributed by atoms with Gasteiger partial charge in [-0.15, -0.1) is 0 Å². The molecule has 2 atom stereocenters. The Morgan fingerprint density at radius 1 is 1.00 bits per heavy atom. The van der Waals surface area contributed by atoms with Gasteiger partial charge in [-0.2, -0.15) is 15.5 Å². The third kappa shape index (κ3) is 6.41. The number of nitriles is 2. The van der Waals surface area contributed by atoms with Crippen LogP contribution in [0.1, 0.15) is 56.7 Å².